The average molecular weight is 467 g/mol. The molecular formula is C29H54O4. The Morgan fingerprint density at radius 2 is 0.909 bits per heavy atom. The van der Waals surface area contributed by atoms with Crippen LogP contribution < -0.4 is 0 Å². The minimum absolute atomic E-state index is 0.182. The fraction of sp³-hybridized carbons (Fsp3) is 0.931. The van der Waals surface area contributed by atoms with Gasteiger partial charge in [0.1, 0.15) is 0 Å². The maximum atomic E-state index is 12.6. The molecule has 194 valence electrons. The zero-order chi connectivity index (χ0) is 24.3. The quantitative estimate of drug-likeness (QED) is 0.142. The lowest BCUT2D eigenvalue weighted by Gasteiger charge is -2.28. The third-order valence-electron chi connectivity index (χ3n) is 6.96. The van der Waals surface area contributed by atoms with E-state index in [1.165, 1.54) is 57.8 Å². The van der Waals surface area contributed by atoms with Gasteiger partial charge < -0.3 is 9.47 Å². The molecule has 4 heteroatoms. The summed E-state index contributed by atoms with van der Waals surface area (Å²) in [6, 6.07) is 0. The number of hydrogen-bond donors (Lipinski definition) is 0. The maximum Gasteiger partial charge on any atom is 0.309 e. The molecule has 0 bridgehead atoms. The predicted octanol–water partition coefficient (Wildman–Crippen LogP) is 8.26. The zero-order valence-corrected chi connectivity index (χ0v) is 22.4. The largest absolute Gasteiger partial charge is 0.465 e. The summed E-state index contributed by atoms with van der Waals surface area (Å²) in [6.07, 6.45) is 19.1. The first-order valence-electron chi connectivity index (χ1n) is 14.2. The summed E-state index contributed by atoms with van der Waals surface area (Å²) in [6.45, 7) is 10.1. The van der Waals surface area contributed by atoms with E-state index in [0.29, 0.717) is 13.2 Å². The molecule has 1 saturated carbocycles. The van der Waals surface area contributed by atoms with Gasteiger partial charge in [0.2, 0.25) is 0 Å². The second-order valence-corrected chi connectivity index (χ2v) is 11.1. The van der Waals surface area contributed by atoms with E-state index in [2.05, 4.69) is 27.7 Å². The first-order chi connectivity index (χ1) is 15.9. The summed E-state index contributed by atoms with van der Waals surface area (Å²) in [5.74, 6) is 0.605. The Morgan fingerprint density at radius 1 is 0.576 bits per heavy atom. The normalized spacial score (nSPS) is 18.6. The molecule has 0 aromatic rings. The lowest BCUT2D eigenvalue weighted by atomic mass is 9.79. The van der Waals surface area contributed by atoms with Gasteiger partial charge in [-0.1, -0.05) is 111 Å². The lowest BCUT2D eigenvalue weighted by molar-refractivity contribution is -0.163. The molecule has 0 N–H and O–H groups in total. The number of hydrogen-bond acceptors (Lipinski definition) is 4. The van der Waals surface area contributed by atoms with Gasteiger partial charge in [-0.2, -0.15) is 0 Å². The molecule has 0 heterocycles. The molecule has 0 aromatic heterocycles. The van der Waals surface area contributed by atoms with E-state index < -0.39 is 0 Å². The van der Waals surface area contributed by atoms with Crippen molar-refractivity contribution in [1.29, 1.82) is 0 Å². The molecule has 2 unspecified atom stereocenters. The van der Waals surface area contributed by atoms with Crippen molar-refractivity contribution in [2.75, 3.05) is 13.2 Å². The van der Waals surface area contributed by atoms with Crippen molar-refractivity contribution in [1.82, 2.24) is 0 Å². The van der Waals surface area contributed by atoms with Crippen molar-refractivity contribution in [2.24, 2.45) is 23.7 Å². The van der Waals surface area contributed by atoms with E-state index in [-0.39, 0.29) is 23.8 Å². The molecule has 1 aliphatic carbocycles. The summed E-state index contributed by atoms with van der Waals surface area (Å²) < 4.78 is 11.1. The Balaban J connectivity index is 2.15. The molecule has 1 aliphatic rings. The van der Waals surface area contributed by atoms with Crippen LogP contribution in [0.15, 0.2) is 0 Å². The third-order valence-corrected chi connectivity index (χ3v) is 6.96. The van der Waals surface area contributed by atoms with Crippen LogP contribution in [0.25, 0.3) is 0 Å². The molecule has 0 saturated heterocycles. The minimum atomic E-state index is -0.307. The number of esters is 2. The highest BCUT2D eigenvalue weighted by atomic mass is 16.5. The van der Waals surface area contributed by atoms with Crippen LogP contribution in [0.4, 0.5) is 0 Å². The van der Waals surface area contributed by atoms with Crippen molar-refractivity contribution in [2.45, 2.75) is 137 Å². The maximum absolute atomic E-state index is 12.6. The molecule has 1 fully saturated rings. The van der Waals surface area contributed by atoms with Crippen molar-refractivity contribution in [3.63, 3.8) is 0 Å². The first kappa shape index (κ1) is 30.0. The lowest BCUT2D eigenvalue weighted by Crippen LogP contribution is -2.35. The molecule has 1 rings (SSSR count). The van der Waals surface area contributed by atoms with Gasteiger partial charge >= 0.3 is 11.9 Å². The summed E-state index contributed by atoms with van der Waals surface area (Å²) in [4.78, 5) is 25.3. The van der Waals surface area contributed by atoms with Crippen molar-refractivity contribution in [3.8, 4) is 0 Å². The van der Waals surface area contributed by atoms with E-state index in [9.17, 15) is 9.59 Å². The van der Waals surface area contributed by atoms with Crippen LogP contribution in [-0.4, -0.2) is 25.2 Å². The van der Waals surface area contributed by atoms with Gasteiger partial charge in [0.25, 0.3) is 0 Å². The molecule has 33 heavy (non-hydrogen) atoms. The first-order valence-corrected chi connectivity index (χ1v) is 14.2. The number of ether oxygens (including phenoxy) is 2. The standard InChI is InChI=1S/C29H54O4/c1-24(2)18-12-8-5-6-10-16-22-32-28(30)26-20-14-15-21-27(26)29(31)33-23-17-11-7-9-13-19-25(3)4/h24-27H,5-23H2,1-4H3. The van der Waals surface area contributed by atoms with E-state index in [0.717, 1.165) is 63.2 Å². The van der Waals surface area contributed by atoms with Crippen LogP contribution in [0.3, 0.4) is 0 Å². The number of carbonyl (C=O) groups is 2. The fourth-order valence-corrected chi connectivity index (χ4v) is 4.80. The number of rotatable bonds is 19. The van der Waals surface area contributed by atoms with Crippen LogP contribution >= 0.6 is 0 Å². The van der Waals surface area contributed by atoms with Crippen LogP contribution in [0.1, 0.15) is 137 Å². The van der Waals surface area contributed by atoms with Gasteiger partial charge in [0.15, 0.2) is 0 Å². The second kappa shape index (κ2) is 19.3. The Bertz CT molecular complexity index is 500. The Labute approximate surface area is 205 Å². The van der Waals surface area contributed by atoms with E-state index >= 15 is 0 Å². The molecular weight excluding hydrogens is 412 g/mol. The Kier molecular flexibility index (Phi) is 17.5. The zero-order valence-electron chi connectivity index (χ0n) is 22.4. The van der Waals surface area contributed by atoms with E-state index in [4.69, 9.17) is 9.47 Å². The molecule has 0 aliphatic heterocycles. The summed E-state index contributed by atoms with van der Waals surface area (Å²) >= 11 is 0. The topological polar surface area (TPSA) is 52.6 Å². The monoisotopic (exact) mass is 466 g/mol. The molecule has 0 radical (unpaired) electrons. The Hall–Kier alpha value is -1.06. The van der Waals surface area contributed by atoms with Gasteiger partial charge in [0.05, 0.1) is 25.0 Å². The SMILES string of the molecule is CC(C)CCCCCCCCOC(=O)C1CCCCC1C(=O)OCCCCCCCC(C)C. The third kappa shape index (κ3) is 15.5. The van der Waals surface area contributed by atoms with Crippen LogP contribution in [0.2, 0.25) is 0 Å². The summed E-state index contributed by atoms with van der Waals surface area (Å²) in [5.41, 5.74) is 0. The average Bonchev–Trinajstić information content (AvgIpc) is 2.79. The minimum Gasteiger partial charge on any atom is -0.465 e. The number of unbranched alkanes of at least 4 members (excludes halogenated alkanes) is 9. The van der Waals surface area contributed by atoms with E-state index in [1.54, 1.807) is 0 Å². The van der Waals surface area contributed by atoms with Crippen molar-refractivity contribution < 1.29 is 19.1 Å². The van der Waals surface area contributed by atoms with Crippen LogP contribution in [0, 0.1) is 23.7 Å². The number of carbonyl (C=O) groups excluding carboxylic acids is 2. The highest BCUT2D eigenvalue weighted by Crippen LogP contribution is 2.32. The summed E-state index contributed by atoms with van der Waals surface area (Å²) in [7, 11) is 0. The summed E-state index contributed by atoms with van der Waals surface area (Å²) in [5, 5.41) is 0. The predicted molar refractivity (Wildman–Crippen MR) is 137 cm³/mol. The highest BCUT2D eigenvalue weighted by Gasteiger charge is 2.37. The van der Waals surface area contributed by atoms with Crippen molar-refractivity contribution in [3.05, 3.63) is 0 Å². The van der Waals surface area contributed by atoms with Gasteiger partial charge in [-0.3, -0.25) is 9.59 Å². The van der Waals surface area contributed by atoms with Crippen LogP contribution in [-0.2, 0) is 19.1 Å². The molecule has 0 spiro atoms. The molecule has 0 amide bonds. The highest BCUT2D eigenvalue weighted by molar-refractivity contribution is 5.82. The van der Waals surface area contributed by atoms with Crippen LogP contribution in [0.5, 0.6) is 0 Å². The molecule has 2 atom stereocenters. The Morgan fingerprint density at radius 3 is 1.27 bits per heavy atom. The van der Waals surface area contributed by atoms with Crippen molar-refractivity contribution >= 4 is 11.9 Å². The van der Waals surface area contributed by atoms with Gasteiger partial charge in [-0.15, -0.1) is 0 Å². The molecule has 0 aromatic carbocycles. The van der Waals surface area contributed by atoms with Gasteiger partial charge in [-0.25, -0.2) is 0 Å². The molecule has 4 nitrogen and oxygen atoms in total. The van der Waals surface area contributed by atoms with Gasteiger partial charge in [0, 0.05) is 0 Å². The van der Waals surface area contributed by atoms with Gasteiger partial charge in [-0.05, 0) is 37.5 Å². The van der Waals surface area contributed by atoms with E-state index in [1.807, 2.05) is 0 Å². The fourth-order valence-electron chi connectivity index (χ4n) is 4.80. The second-order valence-electron chi connectivity index (χ2n) is 11.1. The smallest absolute Gasteiger partial charge is 0.309 e.